The van der Waals surface area contributed by atoms with Crippen molar-refractivity contribution in [2.75, 3.05) is 17.9 Å². The van der Waals surface area contributed by atoms with Crippen LogP contribution in [0.15, 0.2) is 12.1 Å². The summed E-state index contributed by atoms with van der Waals surface area (Å²) in [5.41, 5.74) is 0.701. The maximum Gasteiger partial charge on any atom is 0.279 e. The van der Waals surface area contributed by atoms with Crippen molar-refractivity contribution in [1.29, 1.82) is 5.26 Å². The molecule has 98 valence electrons. The number of nitrogens with zero attached hydrogens (tertiary/aromatic N) is 3. The van der Waals surface area contributed by atoms with E-state index in [1.807, 2.05) is 6.07 Å². The number of hydrogen-bond acceptors (Lipinski definition) is 6. The van der Waals surface area contributed by atoms with E-state index in [0.29, 0.717) is 5.69 Å². The minimum absolute atomic E-state index is 0.0159. The van der Waals surface area contributed by atoms with Gasteiger partial charge in [0.05, 0.1) is 19.8 Å². The van der Waals surface area contributed by atoms with Crippen LogP contribution in [0.2, 0.25) is 0 Å². The standard InChI is InChI=1S/C9H11N3O4S2/c1-7-4-5-8(6-10)9(11-7)12(17(13)15-2)18(14)16-3/h4-5H,1-3H3. The molecule has 1 aromatic rings. The zero-order chi connectivity index (χ0) is 13.7. The zero-order valence-electron chi connectivity index (χ0n) is 9.95. The maximum atomic E-state index is 11.7. The summed E-state index contributed by atoms with van der Waals surface area (Å²) in [5.74, 6) is -0.0159. The van der Waals surface area contributed by atoms with Crippen molar-refractivity contribution < 1.29 is 16.8 Å². The van der Waals surface area contributed by atoms with Gasteiger partial charge < -0.3 is 0 Å². The van der Waals surface area contributed by atoms with Crippen LogP contribution in [0.4, 0.5) is 5.82 Å². The van der Waals surface area contributed by atoms with Crippen LogP contribution in [-0.2, 0) is 30.9 Å². The predicted octanol–water partition coefficient (Wildman–Crippen LogP) is 0.518. The van der Waals surface area contributed by atoms with Crippen LogP contribution in [0.1, 0.15) is 11.3 Å². The lowest BCUT2D eigenvalue weighted by Gasteiger charge is -2.18. The second-order valence-electron chi connectivity index (χ2n) is 2.96. The third-order valence-corrected chi connectivity index (χ3v) is 4.05. The van der Waals surface area contributed by atoms with Gasteiger partial charge in [0.15, 0.2) is 5.82 Å². The van der Waals surface area contributed by atoms with Crippen LogP contribution in [-0.4, -0.2) is 27.6 Å². The van der Waals surface area contributed by atoms with E-state index in [4.69, 9.17) is 5.26 Å². The van der Waals surface area contributed by atoms with Gasteiger partial charge in [-0.2, -0.15) is 5.26 Å². The molecule has 0 bridgehead atoms. The Bertz CT molecular complexity index is 513. The molecule has 0 fully saturated rings. The molecule has 0 aliphatic carbocycles. The first-order valence-corrected chi connectivity index (χ1v) is 6.72. The van der Waals surface area contributed by atoms with Gasteiger partial charge in [0.25, 0.3) is 22.5 Å². The number of aryl methyl sites for hydroxylation is 1. The lowest BCUT2D eigenvalue weighted by atomic mass is 10.2. The van der Waals surface area contributed by atoms with E-state index in [1.54, 1.807) is 13.0 Å². The molecule has 1 rings (SSSR count). The number of rotatable bonds is 5. The van der Waals surface area contributed by atoms with Crippen LogP contribution in [0.3, 0.4) is 0 Å². The van der Waals surface area contributed by atoms with Crippen LogP contribution in [0, 0.1) is 18.3 Å². The zero-order valence-corrected chi connectivity index (χ0v) is 11.6. The Labute approximate surface area is 110 Å². The normalized spacial score (nSPS) is 13.7. The number of hydrogen-bond donors (Lipinski definition) is 0. The largest absolute Gasteiger partial charge is 0.279 e. The van der Waals surface area contributed by atoms with Crippen LogP contribution in [0.5, 0.6) is 0 Å². The minimum Gasteiger partial charge on any atom is -0.276 e. The molecule has 0 aliphatic heterocycles. The van der Waals surface area contributed by atoms with Crippen molar-refractivity contribution in [2.45, 2.75) is 6.92 Å². The summed E-state index contributed by atoms with van der Waals surface area (Å²) < 4.78 is 33.4. The molecule has 0 saturated carbocycles. The van der Waals surface area contributed by atoms with Crippen LogP contribution in [0.25, 0.3) is 0 Å². The summed E-state index contributed by atoms with van der Waals surface area (Å²) in [7, 11) is 2.36. The fourth-order valence-corrected chi connectivity index (χ4v) is 2.69. The third-order valence-electron chi connectivity index (χ3n) is 1.86. The van der Waals surface area contributed by atoms with E-state index in [2.05, 4.69) is 13.4 Å². The number of nitriles is 1. The van der Waals surface area contributed by atoms with Gasteiger partial charge in [-0.15, -0.1) is 3.71 Å². The Kier molecular flexibility index (Phi) is 5.36. The quantitative estimate of drug-likeness (QED) is 0.784. The SMILES string of the molecule is COS(=O)N(c1nc(C)ccc1C#N)S(=O)OC. The molecule has 0 spiro atoms. The summed E-state index contributed by atoms with van der Waals surface area (Å²) in [5, 5.41) is 8.97. The Morgan fingerprint density at radius 2 is 1.83 bits per heavy atom. The Morgan fingerprint density at radius 3 is 2.28 bits per heavy atom. The molecule has 2 unspecified atom stereocenters. The Morgan fingerprint density at radius 1 is 1.28 bits per heavy atom. The maximum absolute atomic E-state index is 11.7. The van der Waals surface area contributed by atoms with Gasteiger partial charge in [-0.25, -0.2) is 13.4 Å². The number of aromatic nitrogens is 1. The first-order valence-electron chi connectivity index (χ1n) is 4.65. The lowest BCUT2D eigenvalue weighted by molar-refractivity contribution is 0.433. The summed E-state index contributed by atoms with van der Waals surface area (Å²) in [6, 6.07) is 4.98. The summed E-state index contributed by atoms with van der Waals surface area (Å²) >= 11 is -4.14. The molecule has 0 N–H and O–H groups in total. The summed E-state index contributed by atoms with van der Waals surface area (Å²) in [6.07, 6.45) is 0. The van der Waals surface area contributed by atoms with Gasteiger partial charge >= 0.3 is 0 Å². The molecular weight excluding hydrogens is 278 g/mol. The lowest BCUT2D eigenvalue weighted by Crippen LogP contribution is -2.31. The molecule has 0 aliphatic rings. The van der Waals surface area contributed by atoms with Crippen LogP contribution < -0.4 is 3.71 Å². The van der Waals surface area contributed by atoms with E-state index >= 15 is 0 Å². The van der Waals surface area contributed by atoms with E-state index in [0.717, 1.165) is 3.71 Å². The number of anilines is 1. The number of pyridine rings is 1. The second-order valence-corrected chi connectivity index (χ2v) is 5.46. The monoisotopic (exact) mass is 289 g/mol. The molecule has 1 aromatic heterocycles. The highest BCUT2D eigenvalue weighted by atomic mass is 32.3. The van der Waals surface area contributed by atoms with Gasteiger partial charge in [-0.05, 0) is 19.1 Å². The summed E-state index contributed by atoms with van der Waals surface area (Å²) in [4.78, 5) is 4.04. The van der Waals surface area contributed by atoms with E-state index < -0.39 is 22.5 Å². The molecule has 7 nitrogen and oxygen atoms in total. The molecule has 0 saturated heterocycles. The van der Waals surface area contributed by atoms with Gasteiger partial charge in [-0.1, -0.05) is 0 Å². The van der Waals surface area contributed by atoms with Crippen molar-refractivity contribution in [3.05, 3.63) is 23.4 Å². The minimum atomic E-state index is -2.07. The average Bonchev–Trinajstić information content (AvgIpc) is 2.38. The van der Waals surface area contributed by atoms with Crippen molar-refractivity contribution in [2.24, 2.45) is 0 Å². The first-order chi connectivity index (χ1) is 8.54. The average molecular weight is 289 g/mol. The van der Waals surface area contributed by atoms with Crippen molar-refractivity contribution in [1.82, 2.24) is 4.98 Å². The first kappa shape index (κ1) is 14.7. The molecular formula is C9H11N3O4S2. The van der Waals surface area contributed by atoms with E-state index in [1.165, 1.54) is 20.3 Å². The molecule has 9 heteroatoms. The molecule has 0 aromatic carbocycles. The van der Waals surface area contributed by atoms with Crippen molar-refractivity contribution in [3.63, 3.8) is 0 Å². The molecule has 1 heterocycles. The van der Waals surface area contributed by atoms with Gasteiger partial charge in [0.2, 0.25) is 0 Å². The van der Waals surface area contributed by atoms with Crippen LogP contribution >= 0.6 is 0 Å². The van der Waals surface area contributed by atoms with Gasteiger partial charge in [-0.3, -0.25) is 8.37 Å². The summed E-state index contributed by atoms with van der Waals surface area (Å²) in [6.45, 7) is 1.69. The fourth-order valence-electron chi connectivity index (χ4n) is 1.10. The van der Waals surface area contributed by atoms with E-state index in [-0.39, 0.29) is 11.4 Å². The predicted molar refractivity (Wildman–Crippen MR) is 66.5 cm³/mol. The topological polar surface area (TPSA) is 92.5 Å². The van der Waals surface area contributed by atoms with Crippen molar-refractivity contribution in [3.8, 4) is 6.07 Å². The highest BCUT2D eigenvalue weighted by molar-refractivity contribution is 7.99. The third kappa shape index (κ3) is 3.11. The van der Waals surface area contributed by atoms with Gasteiger partial charge in [0.1, 0.15) is 6.07 Å². The smallest absolute Gasteiger partial charge is 0.276 e. The molecule has 18 heavy (non-hydrogen) atoms. The molecule has 2 atom stereocenters. The Balaban J connectivity index is 3.37. The highest BCUT2D eigenvalue weighted by Gasteiger charge is 2.26. The second kappa shape index (κ2) is 6.55. The van der Waals surface area contributed by atoms with Crippen molar-refractivity contribution >= 4 is 28.4 Å². The van der Waals surface area contributed by atoms with E-state index in [9.17, 15) is 8.42 Å². The Hall–Kier alpha value is -1.34. The van der Waals surface area contributed by atoms with Gasteiger partial charge in [0, 0.05) is 5.69 Å². The highest BCUT2D eigenvalue weighted by Crippen LogP contribution is 2.21. The fraction of sp³-hybridized carbons (Fsp3) is 0.333. The molecule has 0 radical (unpaired) electrons. The molecule has 0 amide bonds.